The molecule has 0 saturated heterocycles. The van der Waals surface area contributed by atoms with Crippen LogP contribution in [0.2, 0.25) is 0 Å². The summed E-state index contributed by atoms with van der Waals surface area (Å²) in [7, 11) is 3.24. The Morgan fingerprint density at radius 1 is 1.29 bits per heavy atom. The van der Waals surface area contributed by atoms with Gasteiger partial charge in [0.2, 0.25) is 5.95 Å². The van der Waals surface area contributed by atoms with E-state index in [0.29, 0.717) is 18.7 Å². The van der Waals surface area contributed by atoms with Crippen molar-refractivity contribution < 1.29 is 18.3 Å². The molecule has 0 saturated carbocycles. The van der Waals surface area contributed by atoms with Gasteiger partial charge in [-0.2, -0.15) is 29.9 Å². The molecule has 0 aliphatic carbocycles. The van der Waals surface area contributed by atoms with Crippen molar-refractivity contribution in [2.24, 2.45) is 0 Å². The van der Waals surface area contributed by atoms with Crippen LogP contribution in [-0.2, 0) is 6.18 Å². The lowest BCUT2D eigenvalue weighted by Gasteiger charge is -2.15. The van der Waals surface area contributed by atoms with Crippen LogP contribution in [0.5, 0.6) is 0 Å². The summed E-state index contributed by atoms with van der Waals surface area (Å²) in [5, 5.41) is 11.4. The van der Waals surface area contributed by atoms with E-state index in [2.05, 4.69) is 15.3 Å². The zero-order valence-corrected chi connectivity index (χ0v) is 12.8. The molecule has 1 aromatic heterocycles. The number of anilines is 2. The minimum Gasteiger partial charge on any atom is -0.396 e. The average molecular weight is 324 g/mol. The molecule has 0 aliphatic heterocycles. The summed E-state index contributed by atoms with van der Waals surface area (Å²) in [5.74, 6) is 1.69. The standard InChI is InChI=1S/C12H19F3N4OS/c1-19(2)10-8-9(12(13,14)15)17-11(18-10)16-4-7-21-6-3-5-20/h8,20H,3-7H2,1-2H3,(H,16,17,18). The number of hydrogen-bond donors (Lipinski definition) is 2. The predicted octanol–water partition coefficient (Wildman–Crippen LogP) is 2.09. The quantitative estimate of drug-likeness (QED) is 0.714. The molecule has 0 radical (unpaired) electrons. The average Bonchev–Trinajstić information content (AvgIpc) is 2.41. The van der Waals surface area contributed by atoms with E-state index in [9.17, 15) is 13.2 Å². The Bertz CT molecular complexity index is 443. The summed E-state index contributed by atoms with van der Waals surface area (Å²) in [6.45, 7) is 0.605. The summed E-state index contributed by atoms with van der Waals surface area (Å²) in [6, 6.07) is 0.918. The summed E-state index contributed by atoms with van der Waals surface area (Å²) < 4.78 is 38.3. The maximum Gasteiger partial charge on any atom is 0.433 e. The number of nitrogens with zero attached hydrogens (tertiary/aromatic N) is 3. The van der Waals surface area contributed by atoms with Crippen molar-refractivity contribution >= 4 is 23.5 Å². The second kappa shape index (κ2) is 8.28. The number of halogens is 3. The molecule has 0 unspecified atom stereocenters. The molecule has 0 aliphatic rings. The highest BCUT2D eigenvalue weighted by Gasteiger charge is 2.33. The second-order valence-corrected chi connectivity index (χ2v) is 5.67. The van der Waals surface area contributed by atoms with Gasteiger partial charge in [0, 0.05) is 39.1 Å². The van der Waals surface area contributed by atoms with Crippen molar-refractivity contribution in [3.63, 3.8) is 0 Å². The normalized spacial score (nSPS) is 11.5. The maximum atomic E-state index is 12.8. The van der Waals surface area contributed by atoms with Gasteiger partial charge in [0.05, 0.1) is 0 Å². The van der Waals surface area contributed by atoms with Gasteiger partial charge in [-0.1, -0.05) is 0 Å². The molecule has 2 N–H and O–H groups in total. The van der Waals surface area contributed by atoms with E-state index in [0.717, 1.165) is 11.8 Å². The monoisotopic (exact) mass is 324 g/mol. The van der Waals surface area contributed by atoms with Crippen molar-refractivity contribution in [1.82, 2.24) is 9.97 Å². The van der Waals surface area contributed by atoms with E-state index in [1.54, 1.807) is 25.9 Å². The van der Waals surface area contributed by atoms with E-state index < -0.39 is 11.9 Å². The zero-order valence-electron chi connectivity index (χ0n) is 11.9. The van der Waals surface area contributed by atoms with Gasteiger partial charge in [-0.15, -0.1) is 0 Å². The molecule has 1 rings (SSSR count). The third kappa shape index (κ3) is 6.38. The fourth-order valence-corrected chi connectivity index (χ4v) is 2.18. The Hall–Kier alpha value is -1.22. The van der Waals surface area contributed by atoms with Gasteiger partial charge in [-0.3, -0.25) is 0 Å². The van der Waals surface area contributed by atoms with Crippen molar-refractivity contribution in [2.75, 3.05) is 49.0 Å². The number of aromatic nitrogens is 2. The smallest absolute Gasteiger partial charge is 0.396 e. The molecule has 0 aromatic carbocycles. The first kappa shape index (κ1) is 17.8. The van der Waals surface area contributed by atoms with Crippen LogP contribution in [0.3, 0.4) is 0 Å². The van der Waals surface area contributed by atoms with Gasteiger partial charge in [0.25, 0.3) is 0 Å². The molecule has 0 bridgehead atoms. The first-order chi connectivity index (χ1) is 9.84. The topological polar surface area (TPSA) is 61.3 Å². The predicted molar refractivity (Wildman–Crippen MR) is 78.9 cm³/mol. The van der Waals surface area contributed by atoms with Crippen LogP contribution < -0.4 is 10.2 Å². The van der Waals surface area contributed by atoms with Crippen LogP contribution in [-0.4, -0.2) is 53.8 Å². The maximum absolute atomic E-state index is 12.8. The molecule has 5 nitrogen and oxygen atoms in total. The number of rotatable bonds is 8. The number of nitrogens with one attached hydrogen (secondary N) is 1. The molecule has 0 fully saturated rings. The van der Waals surface area contributed by atoms with E-state index in [4.69, 9.17) is 5.11 Å². The third-order valence-electron chi connectivity index (χ3n) is 2.44. The molecule has 1 heterocycles. The largest absolute Gasteiger partial charge is 0.433 e. The summed E-state index contributed by atoms with van der Waals surface area (Å²) in [4.78, 5) is 9.03. The van der Waals surface area contributed by atoms with Gasteiger partial charge in [-0.05, 0) is 12.2 Å². The van der Waals surface area contributed by atoms with Gasteiger partial charge < -0.3 is 15.3 Å². The number of aliphatic hydroxyl groups is 1. The molecule has 0 atom stereocenters. The molecule has 21 heavy (non-hydrogen) atoms. The highest BCUT2D eigenvalue weighted by atomic mass is 32.2. The van der Waals surface area contributed by atoms with Crippen LogP contribution >= 0.6 is 11.8 Å². The summed E-state index contributed by atoms with van der Waals surface area (Å²) in [6.07, 6.45) is -3.80. The first-order valence-electron chi connectivity index (χ1n) is 6.40. The van der Waals surface area contributed by atoms with Crippen LogP contribution in [0, 0.1) is 0 Å². The second-order valence-electron chi connectivity index (χ2n) is 4.44. The lowest BCUT2D eigenvalue weighted by Crippen LogP contribution is -2.18. The zero-order chi connectivity index (χ0) is 15.9. The fourth-order valence-electron chi connectivity index (χ4n) is 1.39. The molecule has 1 aromatic rings. The van der Waals surface area contributed by atoms with Crippen molar-refractivity contribution in [3.8, 4) is 0 Å². The molecule has 0 amide bonds. The van der Waals surface area contributed by atoms with Gasteiger partial charge >= 0.3 is 6.18 Å². The Morgan fingerprint density at radius 2 is 2.00 bits per heavy atom. The number of hydrogen-bond acceptors (Lipinski definition) is 6. The van der Waals surface area contributed by atoms with Crippen molar-refractivity contribution in [2.45, 2.75) is 12.6 Å². The van der Waals surface area contributed by atoms with E-state index in [1.165, 1.54) is 4.90 Å². The minimum absolute atomic E-state index is 0.0312. The van der Waals surface area contributed by atoms with E-state index in [-0.39, 0.29) is 18.4 Å². The molecule has 9 heteroatoms. The van der Waals surface area contributed by atoms with E-state index in [1.807, 2.05) is 0 Å². The highest BCUT2D eigenvalue weighted by Crippen LogP contribution is 2.30. The van der Waals surface area contributed by atoms with Gasteiger partial charge in [0.1, 0.15) is 5.82 Å². The first-order valence-corrected chi connectivity index (χ1v) is 7.56. The Morgan fingerprint density at radius 3 is 2.57 bits per heavy atom. The summed E-state index contributed by atoms with van der Waals surface area (Å²) in [5.41, 5.74) is -0.961. The lowest BCUT2D eigenvalue weighted by atomic mass is 10.3. The van der Waals surface area contributed by atoms with Gasteiger partial charge in [0.15, 0.2) is 5.69 Å². The van der Waals surface area contributed by atoms with Crippen molar-refractivity contribution in [1.29, 1.82) is 0 Å². The SMILES string of the molecule is CN(C)c1cc(C(F)(F)F)nc(NCCSCCCO)n1. The molecular formula is C12H19F3N4OS. The highest BCUT2D eigenvalue weighted by molar-refractivity contribution is 7.99. The number of alkyl halides is 3. The Labute approximate surface area is 126 Å². The minimum atomic E-state index is -4.50. The van der Waals surface area contributed by atoms with E-state index >= 15 is 0 Å². The van der Waals surface area contributed by atoms with Crippen molar-refractivity contribution in [3.05, 3.63) is 11.8 Å². The van der Waals surface area contributed by atoms with Gasteiger partial charge in [-0.25, -0.2) is 4.98 Å². The third-order valence-corrected chi connectivity index (χ3v) is 3.51. The number of thioether (sulfide) groups is 1. The lowest BCUT2D eigenvalue weighted by molar-refractivity contribution is -0.141. The van der Waals surface area contributed by atoms with Crippen LogP contribution in [0.15, 0.2) is 6.07 Å². The molecule has 120 valence electrons. The summed E-state index contributed by atoms with van der Waals surface area (Å²) >= 11 is 1.61. The van der Waals surface area contributed by atoms with Crippen LogP contribution in [0.4, 0.5) is 24.9 Å². The number of aliphatic hydroxyl groups excluding tert-OH is 1. The fraction of sp³-hybridized carbons (Fsp3) is 0.667. The van der Waals surface area contributed by atoms with Crippen LogP contribution in [0.25, 0.3) is 0 Å². The Balaban J connectivity index is 2.66. The van der Waals surface area contributed by atoms with Crippen LogP contribution in [0.1, 0.15) is 12.1 Å². The molecule has 0 spiro atoms. The Kier molecular flexibility index (Phi) is 7.03. The molecular weight excluding hydrogens is 305 g/mol.